The van der Waals surface area contributed by atoms with Gasteiger partial charge in [0, 0.05) is 4.90 Å². The van der Waals surface area contributed by atoms with E-state index in [9.17, 15) is 0 Å². The fraction of sp³-hybridized carbons (Fsp3) is 0.625. The van der Waals surface area contributed by atoms with Gasteiger partial charge in [-0.15, -0.1) is 11.8 Å². The van der Waals surface area contributed by atoms with Gasteiger partial charge in [-0.1, -0.05) is 12.1 Å². The lowest BCUT2D eigenvalue weighted by Crippen LogP contribution is -2.29. The lowest BCUT2D eigenvalue weighted by Gasteiger charge is -2.23. The van der Waals surface area contributed by atoms with Crippen LogP contribution >= 0.6 is 11.8 Å². The third-order valence-corrected chi connectivity index (χ3v) is 5.42. The van der Waals surface area contributed by atoms with Crippen LogP contribution < -0.4 is 5.32 Å². The zero-order valence-corrected chi connectivity index (χ0v) is 11.9. The highest BCUT2D eigenvalue weighted by Gasteiger charge is 2.14. The quantitative estimate of drug-likeness (QED) is 0.891. The van der Waals surface area contributed by atoms with Gasteiger partial charge in [0.25, 0.3) is 0 Å². The Kier molecular flexibility index (Phi) is 4.27. The second-order valence-electron chi connectivity index (χ2n) is 5.65. The van der Waals surface area contributed by atoms with Crippen LogP contribution in [0.3, 0.4) is 0 Å². The average Bonchev–Trinajstić information content (AvgIpc) is 2.46. The summed E-state index contributed by atoms with van der Waals surface area (Å²) in [7, 11) is 0. The highest BCUT2D eigenvalue weighted by Crippen LogP contribution is 2.31. The minimum Gasteiger partial charge on any atom is -0.316 e. The fourth-order valence-electron chi connectivity index (χ4n) is 3.11. The molecule has 0 bridgehead atoms. The second kappa shape index (κ2) is 6.12. The summed E-state index contributed by atoms with van der Waals surface area (Å²) in [6.45, 7) is 2.47. The van der Waals surface area contributed by atoms with E-state index in [4.69, 9.17) is 0 Å². The Balaban J connectivity index is 1.58. The molecule has 2 heterocycles. The molecule has 3 rings (SSSR count). The summed E-state index contributed by atoms with van der Waals surface area (Å²) in [6, 6.07) is 7.18. The van der Waals surface area contributed by atoms with Crippen LogP contribution in [0.4, 0.5) is 0 Å². The predicted molar refractivity (Wildman–Crippen MR) is 79.4 cm³/mol. The predicted octanol–water partition coefficient (Wildman–Crippen LogP) is 3.66. The molecular weight excluding hydrogens is 238 g/mol. The molecule has 1 saturated heterocycles. The van der Waals surface area contributed by atoms with Gasteiger partial charge in [-0.05, 0) is 80.5 Å². The molecule has 0 spiro atoms. The number of piperidine rings is 1. The lowest BCUT2D eigenvalue weighted by atomic mass is 9.92. The van der Waals surface area contributed by atoms with E-state index in [0.29, 0.717) is 0 Å². The van der Waals surface area contributed by atoms with Gasteiger partial charge in [0.15, 0.2) is 0 Å². The summed E-state index contributed by atoms with van der Waals surface area (Å²) in [4.78, 5) is 1.53. The summed E-state index contributed by atoms with van der Waals surface area (Å²) in [5, 5.41) is 3.52. The molecule has 1 aromatic rings. The summed E-state index contributed by atoms with van der Waals surface area (Å²) in [5.41, 5.74) is 3.16. The normalized spacial score (nSPS) is 23.7. The molecule has 98 valence electrons. The maximum Gasteiger partial charge on any atom is 0.0104 e. The molecule has 2 aliphatic rings. The minimum absolute atomic E-state index is 0.907. The third kappa shape index (κ3) is 3.10. The second-order valence-corrected chi connectivity index (χ2v) is 6.78. The van der Waals surface area contributed by atoms with E-state index in [2.05, 4.69) is 23.5 Å². The molecule has 0 aliphatic carbocycles. The van der Waals surface area contributed by atoms with Crippen LogP contribution in [0.2, 0.25) is 0 Å². The van der Waals surface area contributed by atoms with Gasteiger partial charge in [-0.3, -0.25) is 0 Å². The number of rotatable bonds is 3. The van der Waals surface area contributed by atoms with Crippen molar-refractivity contribution in [1.82, 2.24) is 5.32 Å². The van der Waals surface area contributed by atoms with Crippen LogP contribution in [0, 0.1) is 5.92 Å². The molecule has 1 unspecified atom stereocenters. The van der Waals surface area contributed by atoms with Gasteiger partial charge in [0.1, 0.15) is 0 Å². The molecule has 0 aromatic heterocycles. The van der Waals surface area contributed by atoms with Crippen LogP contribution in [0.25, 0.3) is 0 Å². The topological polar surface area (TPSA) is 12.0 Å². The maximum atomic E-state index is 3.52. The van der Waals surface area contributed by atoms with E-state index >= 15 is 0 Å². The fourth-order valence-corrected chi connectivity index (χ4v) is 4.13. The van der Waals surface area contributed by atoms with E-state index in [-0.39, 0.29) is 0 Å². The summed E-state index contributed by atoms with van der Waals surface area (Å²) in [5.74, 6) is 2.21. The first kappa shape index (κ1) is 12.6. The highest BCUT2D eigenvalue weighted by molar-refractivity contribution is 7.99. The monoisotopic (exact) mass is 261 g/mol. The van der Waals surface area contributed by atoms with Gasteiger partial charge < -0.3 is 5.32 Å². The number of aryl methyl sites for hydroxylation is 2. The Morgan fingerprint density at radius 2 is 2.28 bits per heavy atom. The molecule has 1 N–H and O–H groups in total. The summed E-state index contributed by atoms with van der Waals surface area (Å²) in [6.07, 6.45) is 8.07. The molecule has 2 aliphatic heterocycles. The number of fused-ring (bicyclic) bond motifs is 1. The lowest BCUT2D eigenvalue weighted by molar-refractivity contribution is 0.358. The number of hydrogen-bond donors (Lipinski definition) is 1. The molecule has 1 fully saturated rings. The standard InChI is InChI=1S/C16H23NS/c1-3-14(12-17-9-1)6-5-13-7-8-16-15(11-13)4-2-10-18-16/h7-8,11,14,17H,1-6,9-10,12H2. The number of thioether (sulfide) groups is 1. The van der Waals surface area contributed by atoms with E-state index in [0.717, 1.165) is 5.92 Å². The van der Waals surface area contributed by atoms with E-state index in [1.807, 2.05) is 11.8 Å². The molecule has 0 saturated carbocycles. The van der Waals surface area contributed by atoms with Crippen molar-refractivity contribution >= 4 is 11.8 Å². The Labute approximate surface area is 115 Å². The zero-order chi connectivity index (χ0) is 12.2. The first-order valence-electron chi connectivity index (χ1n) is 7.37. The molecule has 1 atom stereocenters. The maximum absolute atomic E-state index is 3.52. The van der Waals surface area contributed by atoms with Gasteiger partial charge in [0.2, 0.25) is 0 Å². The Morgan fingerprint density at radius 1 is 1.28 bits per heavy atom. The van der Waals surface area contributed by atoms with Gasteiger partial charge in [0.05, 0.1) is 0 Å². The van der Waals surface area contributed by atoms with Crippen molar-refractivity contribution in [3.05, 3.63) is 29.3 Å². The van der Waals surface area contributed by atoms with Crippen LogP contribution in [-0.4, -0.2) is 18.8 Å². The smallest absolute Gasteiger partial charge is 0.0104 e. The molecule has 18 heavy (non-hydrogen) atoms. The molecule has 0 radical (unpaired) electrons. The van der Waals surface area contributed by atoms with Crippen molar-refractivity contribution in [1.29, 1.82) is 0 Å². The van der Waals surface area contributed by atoms with Crippen molar-refractivity contribution in [2.24, 2.45) is 5.92 Å². The Hall–Kier alpha value is -0.470. The first-order chi connectivity index (χ1) is 8.92. The number of hydrogen-bond acceptors (Lipinski definition) is 2. The molecule has 0 amide bonds. The van der Waals surface area contributed by atoms with Crippen molar-refractivity contribution < 1.29 is 0 Å². The summed E-state index contributed by atoms with van der Waals surface area (Å²) >= 11 is 2.03. The van der Waals surface area contributed by atoms with Gasteiger partial charge >= 0.3 is 0 Å². The van der Waals surface area contributed by atoms with Crippen LogP contribution in [0.15, 0.2) is 23.1 Å². The van der Waals surface area contributed by atoms with E-state index in [1.165, 1.54) is 62.3 Å². The van der Waals surface area contributed by atoms with Crippen LogP contribution in [0.5, 0.6) is 0 Å². The average molecular weight is 261 g/mol. The molecular formula is C16H23NS. The van der Waals surface area contributed by atoms with Crippen LogP contribution in [-0.2, 0) is 12.8 Å². The molecule has 2 heteroatoms. The highest BCUT2D eigenvalue weighted by atomic mass is 32.2. The van der Waals surface area contributed by atoms with Crippen LogP contribution in [0.1, 0.15) is 36.8 Å². The minimum atomic E-state index is 0.907. The van der Waals surface area contributed by atoms with Gasteiger partial charge in [-0.25, -0.2) is 0 Å². The SMILES string of the molecule is c1cc2c(cc1CCC1CCCNC1)CCCS2. The van der Waals surface area contributed by atoms with Crippen molar-refractivity contribution in [3.8, 4) is 0 Å². The first-order valence-corrected chi connectivity index (χ1v) is 8.36. The zero-order valence-electron chi connectivity index (χ0n) is 11.1. The van der Waals surface area contributed by atoms with Crippen molar-refractivity contribution in [3.63, 3.8) is 0 Å². The third-order valence-electron chi connectivity index (χ3n) is 4.21. The Morgan fingerprint density at radius 3 is 3.17 bits per heavy atom. The molecule has 1 nitrogen and oxygen atoms in total. The molecule has 1 aromatic carbocycles. The van der Waals surface area contributed by atoms with Crippen molar-refractivity contribution in [2.75, 3.05) is 18.8 Å². The summed E-state index contributed by atoms with van der Waals surface area (Å²) < 4.78 is 0. The largest absolute Gasteiger partial charge is 0.316 e. The number of benzene rings is 1. The number of nitrogens with one attached hydrogen (secondary N) is 1. The van der Waals surface area contributed by atoms with E-state index < -0.39 is 0 Å². The van der Waals surface area contributed by atoms with Gasteiger partial charge in [-0.2, -0.15) is 0 Å². The van der Waals surface area contributed by atoms with Crippen molar-refractivity contribution in [2.45, 2.75) is 43.4 Å². The van der Waals surface area contributed by atoms with E-state index in [1.54, 1.807) is 11.1 Å². The Bertz CT molecular complexity index is 396.